The van der Waals surface area contributed by atoms with Gasteiger partial charge in [0, 0.05) is 12.7 Å². The molecule has 0 amide bonds. The van der Waals surface area contributed by atoms with Crippen LogP contribution in [0.5, 0.6) is 0 Å². The molecule has 0 radical (unpaired) electrons. The molecule has 0 aromatic carbocycles. The molecule has 1 aromatic heterocycles. The maximum absolute atomic E-state index is 4.49. The van der Waals surface area contributed by atoms with Crippen molar-refractivity contribution in [1.29, 1.82) is 0 Å². The molecular weight excluding hydrogens is 184 g/mol. The van der Waals surface area contributed by atoms with Crippen molar-refractivity contribution in [3.05, 3.63) is 29.6 Å². The summed E-state index contributed by atoms with van der Waals surface area (Å²) >= 11 is 0. The van der Waals surface area contributed by atoms with E-state index in [1.165, 1.54) is 5.56 Å². The highest BCUT2D eigenvalue weighted by atomic mass is 15.1. The standard InChI is InChI=1S/C13H22N2/c1-6-13(2,3)11-7-8-12(14-9-11)10-15(4)5/h7-9H,6,10H2,1-5H3. The molecule has 0 fully saturated rings. The van der Waals surface area contributed by atoms with Crippen LogP contribution in [0.2, 0.25) is 0 Å². The Bertz CT molecular complexity index is 299. The maximum Gasteiger partial charge on any atom is 0.0543 e. The molecule has 15 heavy (non-hydrogen) atoms. The van der Waals surface area contributed by atoms with Crippen LogP contribution in [0.15, 0.2) is 18.3 Å². The van der Waals surface area contributed by atoms with Gasteiger partial charge in [0.1, 0.15) is 0 Å². The van der Waals surface area contributed by atoms with Crippen molar-refractivity contribution in [3.8, 4) is 0 Å². The van der Waals surface area contributed by atoms with Crippen LogP contribution in [0.1, 0.15) is 38.4 Å². The molecule has 0 saturated heterocycles. The summed E-state index contributed by atoms with van der Waals surface area (Å²) in [5.41, 5.74) is 2.70. The normalized spacial score (nSPS) is 12.1. The summed E-state index contributed by atoms with van der Waals surface area (Å²) in [6.07, 6.45) is 3.16. The minimum absolute atomic E-state index is 0.240. The fourth-order valence-corrected chi connectivity index (χ4v) is 1.45. The molecule has 1 aromatic rings. The van der Waals surface area contributed by atoms with Crippen LogP contribution in [0.4, 0.5) is 0 Å². The van der Waals surface area contributed by atoms with Crippen molar-refractivity contribution in [1.82, 2.24) is 9.88 Å². The number of rotatable bonds is 4. The Labute approximate surface area is 93.3 Å². The van der Waals surface area contributed by atoms with Crippen LogP contribution in [0, 0.1) is 0 Å². The van der Waals surface area contributed by atoms with Crippen LogP contribution >= 0.6 is 0 Å². The van der Waals surface area contributed by atoms with Crippen LogP contribution in [-0.4, -0.2) is 24.0 Å². The lowest BCUT2D eigenvalue weighted by Gasteiger charge is -2.23. The second-order valence-electron chi connectivity index (χ2n) is 5.01. The third kappa shape index (κ3) is 3.31. The van der Waals surface area contributed by atoms with E-state index < -0.39 is 0 Å². The van der Waals surface area contributed by atoms with Gasteiger partial charge in [-0.2, -0.15) is 0 Å². The van der Waals surface area contributed by atoms with Gasteiger partial charge >= 0.3 is 0 Å². The predicted molar refractivity (Wildman–Crippen MR) is 64.9 cm³/mol. The molecule has 0 N–H and O–H groups in total. The smallest absolute Gasteiger partial charge is 0.0543 e. The van der Waals surface area contributed by atoms with Gasteiger partial charge in [-0.3, -0.25) is 4.98 Å². The quantitative estimate of drug-likeness (QED) is 0.753. The summed E-state index contributed by atoms with van der Waals surface area (Å²) in [5.74, 6) is 0. The van der Waals surface area contributed by atoms with Crippen molar-refractivity contribution in [2.24, 2.45) is 0 Å². The number of hydrogen-bond donors (Lipinski definition) is 0. The number of nitrogens with zero attached hydrogens (tertiary/aromatic N) is 2. The van der Waals surface area contributed by atoms with E-state index in [1.54, 1.807) is 0 Å². The van der Waals surface area contributed by atoms with Crippen molar-refractivity contribution in [3.63, 3.8) is 0 Å². The van der Waals surface area contributed by atoms with Gasteiger partial charge in [-0.1, -0.05) is 26.8 Å². The second-order valence-corrected chi connectivity index (χ2v) is 5.01. The fraction of sp³-hybridized carbons (Fsp3) is 0.615. The zero-order valence-electron chi connectivity index (χ0n) is 10.5. The van der Waals surface area contributed by atoms with E-state index in [9.17, 15) is 0 Å². The van der Waals surface area contributed by atoms with Crippen LogP contribution in [0.25, 0.3) is 0 Å². The molecule has 0 aliphatic rings. The van der Waals surface area contributed by atoms with E-state index in [2.05, 4.69) is 56.9 Å². The van der Waals surface area contributed by atoms with E-state index >= 15 is 0 Å². The number of hydrogen-bond acceptors (Lipinski definition) is 2. The number of pyridine rings is 1. The summed E-state index contributed by atoms with van der Waals surface area (Å²) in [7, 11) is 4.12. The molecule has 0 aliphatic carbocycles. The second kappa shape index (κ2) is 4.75. The highest BCUT2D eigenvalue weighted by Crippen LogP contribution is 2.25. The summed E-state index contributed by atoms with van der Waals surface area (Å²) in [6.45, 7) is 7.64. The van der Waals surface area contributed by atoms with Gasteiger partial charge in [0.15, 0.2) is 0 Å². The van der Waals surface area contributed by atoms with E-state index in [-0.39, 0.29) is 5.41 Å². The van der Waals surface area contributed by atoms with Crippen molar-refractivity contribution < 1.29 is 0 Å². The van der Waals surface area contributed by atoms with Gasteiger partial charge in [0.2, 0.25) is 0 Å². The van der Waals surface area contributed by atoms with Crippen molar-refractivity contribution in [2.45, 2.75) is 39.2 Å². The van der Waals surface area contributed by atoms with Gasteiger partial charge in [0.05, 0.1) is 5.69 Å². The molecule has 0 saturated carbocycles. The first kappa shape index (κ1) is 12.2. The Morgan fingerprint density at radius 2 is 1.93 bits per heavy atom. The van der Waals surface area contributed by atoms with E-state index in [0.717, 1.165) is 18.7 Å². The lowest BCUT2D eigenvalue weighted by Crippen LogP contribution is -2.17. The molecule has 1 heterocycles. The SMILES string of the molecule is CCC(C)(C)c1ccc(CN(C)C)nc1. The molecule has 1 rings (SSSR count). The van der Waals surface area contributed by atoms with Crippen molar-refractivity contribution in [2.75, 3.05) is 14.1 Å². The van der Waals surface area contributed by atoms with Gasteiger partial charge in [-0.05, 0) is 37.6 Å². The number of aromatic nitrogens is 1. The monoisotopic (exact) mass is 206 g/mol. The largest absolute Gasteiger partial charge is 0.304 e. The average molecular weight is 206 g/mol. The molecule has 0 spiro atoms. The summed E-state index contributed by atoms with van der Waals surface area (Å²) in [5, 5.41) is 0. The van der Waals surface area contributed by atoms with E-state index in [4.69, 9.17) is 0 Å². The summed E-state index contributed by atoms with van der Waals surface area (Å²) < 4.78 is 0. The lowest BCUT2D eigenvalue weighted by atomic mass is 9.83. The highest BCUT2D eigenvalue weighted by Gasteiger charge is 2.17. The Morgan fingerprint density at radius 3 is 2.33 bits per heavy atom. The van der Waals surface area contributed by atoms with Gasteiger partial charge < -0.3 is 4.90 Å². The average Bonchev–Trinajstić information content (AvgIpc) is 2.18. The summed E-state index contributed by atoms with van der Waals surface area (Å²) in [4.78, 5) is 6.62. The topological polar surface area (TPSA) is 16.1 Å². The molecule has 0 bridgehead atoms. The zero-order valence-corrected chi connectivity index (χ0v) is 10.5. The lowest BCUT2D eigenvalue weighted by molar-refractivity contribution is 0.396. The van der Waals surface area contributed by atoms with Crippen LogP contribution in [0.3, 0.4) is 0 Å². The molecule has 2 heteroatoms. The Morgan fingerprint density at radius 1 is 1.27 bits per heavy atom. The van der Waals surface area contributed by atoms with E-state index in [1.807, 2.05) is 6.20 Å². The zero-order chi connectivity index (χ0) is 11.5. The maximum atomic E-state index is 4.49. The third-order valence-corrected chi connectivity index (χ3v) is 2.97. The highest BCUT2D eigenvalue weighted by molar-refractivity contribution is 5.21. The third-order valence-electron chi connectivity index (χ3n) is 2.97. The Balaban J connectivity index is 2.81. The molecular formula is C13H22N2. The van der Waals surface area contributed by atoms with E-state index in [0.29, 0.717) is 0 Å². The predicted octanol–water partition coefficient (Wildman–Crippen LogP) is 2.83. The Kier molecular flexibility index (Phi) is 3.86. The van der Waals surface area contributed by atoms with Crippen molar-refractivity contribution >= 4 is 0 Å². The summed E-state index contributed by atoms with van der Waals surface area (Å²) in [6, 6.07) is 4.34. The van der Waals surface area contributed by atoms with Gasteiger partial charge in [-0.15, -0.1) is 0 Å². The minimum atomic E-state index is 0.240. The van der Waals surface area contributed by atoms with Crippen LogP contribution in [-0.2, 0) is 12.0 Å². The minimum Gasteiger partial charge on any atom is -0.304 e. The van der Waals surface area contributed by atoms with Gasteiger partial charge in [-0.25, -0.2) is 0 Å². The van der Waals surface area contributed by atoms with Crippen LogP contribution < -0.4 is 0 Å². The molecule has 84 valence electrons. The molecule has 0 aliphatic heterocycles. The fourth-order valence-electron chi connectivity index (χ4n) is 1.45. The first-order chi connectivity index (χ1) is 6.95. The molecule has 0 unspecified atom stereocenters. The molecule has 0 atom stereocenters. The first-order valence-electron chi connectivity index (χ1n) is 5.56. The molecule has 2 nitrogen and oxygen atoms in total. The first-order valence-corrected chi connectivity index (χ1v) is 5.56. The van der Waals surface area contributed by atoms with Gasteiger partial charge in [0.25, 0.3) is 0 Å². The Hall–Kier alpha value is -0.890.